The molecule has 1 fully saturated rings. The van der Waals surface area contributed by atoms with Crippen molar-refractivity contribution in [3.05, 3.63) is 59.2 Å². The second kappa shape index (κ2) is 5.67. The summed E-state index contributed by atoms with van der Waals surface area (Å²) in [5.41, 5.74) is 2.51. The van der Waals surface area contributed by atoms with Crippen molar-refractivity contribution in [2.75, 3.05) is 26.7 Å². The highest BCUT2D eigenvalue weighted by atomic mass is 19.1. The maximum Gasteiger partial charge on any atom is 0.251 e. The molecular formula is C19H18F2N2O. The van der Waals surface area contributed by atoms with Gasteiger partial charge >= 0.3 is 0 Å². The zero-order valence-corrected chi connectivity index (χ0v) is 13.4. The predicted octanol–water partition coefficient (Wildman–Crippen LogP) is 3.02. The molecule has 0 saturated carbocycles. The van der Waals surface area contributed by atoms with Crippen LogP contribution in [-0.2, 0) is 0 Å². The number of nitrogens with zero attached hydrogens (tertiary/aromatic N) is 1. The zero-order valence-electron chi connectivity index (χ0n) is 13.4. The summed E-state index contributed by atoms with van der Waals surface area (Å²) in [4.78, 5) is 14.7. The largest absolute Gasteiger partial charge is 0.352 e. The molecular weight excluding hydrogens is 310 g/mol. The number of hydrogen-bond donors (Lipinski definition) is 1. The van der Waals surface area contributed by atoms with Gasteiger partial charge in [0.15, 0.2) is 0 Å². The van der Waals surface area contributed by atoms with Crippen LogP contribution in [0.3, 0.4) is 0 Å². The van der Waals surface area contributed by atoms with Gasteiger partial charge in [-0.1, -0.05) is 12.1 Å². The smallest absolute Gasteiger partial charge is 0.251 e. The van der Waals surface area contributed by atoms with Gasteiger partial charge in [0.2, 0.25) is 0 Å². The third-order valence-electron chi connectivity index (χ3n) is 5.09. The summed E-state index contributed by atoms with van der Waals surface area (Å²) < 4.78 is 27.2. The van der Waals surface area contributed by atoms with E-state index in [0.717, 1.165) is 24.7 Å². The van der Waals surface area contributed by atoms with Crippen molar-refractivity contribution in [2.45, 2.75) is 5.92 Å². The third-order valence-corrected chi connectivity index (χ3v) is 5.09. The molecule has 1 saturated heterocycles. The van der Waals surface area contributed by atoms with E-state index in [1.807, 2.05) is 12.1 Å². The Morgan fingerprint density at radius 3 is 2.71 bits per heavy atom. The fourth-order valence-corrected chi connectivity index (χ4v) is 3.93. The maximum atomic E-state index is 14.1. The minimum absolute atomic E-state index is 0.119. The third kappa shape index (κ3) is 2.49. The Bertz CT molecular complexity index is 821. The van der Waals surface area contributed by atoms with E-state index in [2.05, 4.69) is 17.3 Å². The first kappa shape index (κ1) is 15.3. The van der Waals surface area contributed by atoms with Crippen LogP contribution in [0.4, 0.5) is 8.78 Å². The first-order chi connectivity index (χ1) is 11.5. The number of likely N-dealkylation sites (tertiary alicyclic amines) is 1. The molecule has 124 valence electrons. The van der Waals surface area contributed by atoms with Crippen molar-refractivity contribution in [2.24, 2.45) is 5.92 Å². The minimum Gasteiger partial charge on any atom is -0.352 e. The summed E-state index contributed by atoms with van der Waals surface area (Å²) in [5, 5.41) is 2.98. The molecule has 4 rings (SSSR count). The summed E-state index contributed by atoms with van der Waals surface area (Å²) in [5.74, 6) is -0.654. The Morgan fingerprint density at radius 2 is 1.92 bits per heavy atom. The van der Waals surface area contributed by atoms with Crippen molar-refractivity contribution in [1.82, 2.24) is 10.2 Å². The van der Waals surface area contributed by atoms with Crippen molar-refractivity contribution >= 4 is 5.91 Å². The number of halogens is 2. The Hall–Kier alpha value is -2.27. The molecule has 24 heavy (non-hydrogen) atoms. The maximum absolute atomic E-state index is 14.1. The van der Waals surface area contributed by atoms with E-state index < -0.39 is 11.6 Å². The standard InChI is InChI=1S/C19H18F2N2O/c1-23-9-12-8-22-19(24)16-6-11(2-4-15(16)17(12)10-23)14-5-3-13(20)7-18(14)21/h2-7,12,17H,8-10H2,1H3,(H,22,24)/t12-,17-/m0/s1. The van der Waals surface area contributed by atoms with Gasteiger partial charge in [0.25, 0.3) is 5.91 Å². The van der Waals surface area contributed by atoms with Crippen LogP contribution in [0.2, 0.25) is 0 Å². The lowest BCUT2D eigenvalue weighted by molar-refractivity contribution is 0.0951. The van der Waals surface area contributed by atoms with Crippen LogP contribution in [0, 0.1) is 17.6 Å². The summed E-state index contributed by atoms with van der Waals surface area (Å²) in [6.45, 7) is 2.53. The van der Waals surface area contributed by atoms with Crippen LogP contribution < -0.4 is 5.32 Å². The highest BCUT2D eigenvalue weighted by Crippen LogP contribution is 2.37. The lowest BCUT2D eigenvalue weighted by atomic mass is 9.86. The van der Waals surface area contributed by atoms with Crippen molar-refractivity contribution < 1.29 is 13.6 Å². The van der Waals surface area contributed by atoms with E-state index in [1.54, 1.807) is 6.07 Å². The number of hydrogen-bond acceptors (Lipinski definition) is 2. The lowest BCUT2D eigenvalue weighted by Gasteiger charge is -2.17. The molecule has 2 aliphatic heterocycles. The highest BCUT2D eigenvalue weighted by Gasteiger charge is 2.36. The minimum atomic E-state index is -0.623. The monoisotopic (exact) mass is 328 g/mol. The molecule has 5 heteroatoms. The van der Waals surface area contributed by atoms with E-state index in [0.29, 0.717) is 35.1 Å². The summed E-state index contributed by atoms with van der Waals surface area (Å²) in [7, 11) is 2.08. The van der Waals surface area contributed by atoms with E-state index in [-0.39, 0.29) is 5.91 Å². The van der Waals surface area contributed by atoms with Gasteiger partial charge in [-0.2, -0.15) is 0 Å². The summed E-state index contributed by atoms with van der Waals surface area (Å²) in [6, 6.07) is 8.97. The Morgan fingerprint density at radius 1 is 1.08 bits per heavy atom. The van der Waals surface area contributed by atoms with Crippen LogP contribution >= 0.6 is 0 Å². The summed E-state index contributed by atoms with van der Waals surface area (Å²) in [6.07, 6.45) is 0. The molecule has 1 amide bonds. The molecule has 2 heterocycles. The number of amides is 1. The molecule has 1 N–H and O–H groups in total. The van der Waals surface area contributed by atoms with E-state index >= 15 is 0 Å². The van der Waals surface area contributed by atoms with Gasteiger partial charge in [0.1, 0.15) is 11.6 Å². The van der Waals surface area contributed by atoms with Crippen LogP contribution in [0.25, 0.3) is 11.1 Å². The average Bonchev–Trinajstić information content (AvgIpc) is 2.87. The van der Waals surface area contributed by atoms with Gasteiger partial charge in [-0.05, 0) is 42.3 Å². The molecule has 2 aromatic rings. The second-order valence-electron chi connectivity index (χ2n) is 6.72. The van der Waals surface area contributed by atoms with E-state index in [4.69, 9.17) is 0 Å². The number of likely N-dealkylation sites (N-methyl/N-ethyl adjacent to an activating group) is 1. The molecule has 2 atom stereocenters. The van der Waals surface area contributed by atoms with Gasteiger partial charge in [-0.15, -0.1) is 0 Å². The topological polar surface area (TPSA) is 32.3 Å². The number of carbonyl (C=O) groups excluding carboxylic acids is 1. The molecule has 0 aliphatic carbocycles. The predicted molar refractivity (Wildman–Crippen MR) is 87.9 cm³/mol. The number of nitrogens with one attached hydrogen (secondary N) is 1. The van der Waals surface area contributed by atoms with E-state index in [1.165, 1.54) is 12.1 Å². The Kier molecular flexibility index (Phi) is 3.61. The van der Waals surface area contributed by atoms with Gasteiger partial charge in [-0.25, -0.2) is 8.78 Å². The number of rotatable bonds is 1. The molecule has 3 nitrogen and oxygen atoms in total. The van der Waals surface area contributed by atoms with Gasteiger partial charge in [0, 0.05) is 42.7 Å². The van der Waals surface area contributed by atoms with Crippen LogP contribution in [0.1, 0.15) is 21.8 Å². The Balaban J connectivity index is 1.81. The first-order valence-electron chi connectivity index (χ1n) is 8.09. The van der Waals surface area contributed by atoms with Gasteiger partial charge in [-0.3, -0.25) is 4.79 Å². The molecule has 0 bridgehead atoms. The fourth-order valence-electron chi connectivity index (χ4n) is 3.93. The van der Waals surface area contributed by atoms with Crippen LogP contribution in [-0.4, -0.2) is 37.5 Å². The van der Waals surface area contributed by atoms with Crippen LogP contribution in [0.15, 0.2) is 36.4 Å². The van der Waals surface area contributed by atoms with Gasteiger partial charge < -0.3 is 10.2 Å². The number of fused-ring (bicyclic) bond motifs is 3. The van der Waals surface area contributed by atoms with Gasteiger partial charge in [0.05, 0.1) is 0 Å². The fraction of sp³-hybridized carbons (Fsp3) is 0.316. The zero-order chi connectivity index (χ0) is 16.8. The molecule has 2 aliphatic rings. The normalized spacial score (nSPS) is 23.4. The van der Waals surface area contributed by atoms with Crippen LogP contribution in [0.5, 0.6) is 0 Å². The van der Waals surface area contributed by atoms with Crippen molar-refractivity contribution in [3.63, 3.8) is 0 Å². The number of benzene rings is 2. The average molecular weight is 328 g/mol. The molecule has 0 radical (unpaired) electrons. The first-order valence-corrected chi connectivity index (χ1v) is 8.09. The summed E-state index contributed by atoms with van der Waals surface area (Å²) >= 11 is 0. The lowest BCUT2D eigenvalue weighted by Crippen LogP contribution is -2.29. The molecule has 0 aromatic heterocycles. The highest BCUT2D eigenvalue weighted by molar-refractivity contribution is 5.97. The second-order valence-corrected chi connectivity index (χ2v) is 6.72. The molecule has 2 aromatic carbocycles. The van der Waals surface area contributed by atoms with E-state index in [9.17, 15) is 13.6 Å². The molecule has 0 unspecified atom stereocenters. The van der Waals surface area contributed by atoms with Crippen molar-refractivity contribution in [1.29, 1.82) is 0 Å². The van der Waals surface area contributed by atoms with Crippen molar-refractivity contribution in [3.8, 4) is 11.1 Å². The number of carbonyl (C=O) groups is 1. The quantitative estimate of drug-likeness (QED) is 0.873. The Labute approximate surface area is 139 Å². The SMILES string of the molecule is CN1C[C@@H]2CNC(=O)c3cc(-c4ccc(F)cc4F)ccc3[C@H]2C1. The molecule has 0 spiro atoms.